The number of rotatable bonds is 2. The van der Waals surface area contributed by atoms with Gasteiger partial charge in [0.15, 0.2) is 0 Å². The van der Waals surface area contributed by atoms with Gasteiger partial charge in [0.2, 0.25) is 0 Å². The van der Waals surface area contributed by atoms with Crippen molar-refractivity contribution in [1.82, 2.24) is 4.98 Å². The Hall–Kier alpha value is -1.65. The zero-order valence-electron chi connectivity index (χ0n) is 10.1. The summed E-state index contributed by atoms with van der Waals surface area (Å²) in [6.45, 7) is 2.11. The van der Waals surface area contributed by atoms with Crippen LogP contribution in [0.2, 0.25) is 0 Å². The fourth-order valence-electron chi connectivity index (χ4n) is 2.32. The van der Waals surface area contributed by atoms with Gasteiger partial charge >= 0.3 is 0 Å². The van der Waals surface area contributed by atoms with Gasteiger partial charge in [-0.25, -0.2) is 4.98 Å². The number of nitrogens with zero attached hydrogens (tertiary/aromatic N) is 2. The van der Waals surface area contributed by atoms with Gasteiger partial charge in [-0.2, -0.15) is 0 Å². The highest BCUT2D eigenvalue weighted by atomic mass is 16.5. The molecule has 0 radical (unpaired) electrons. The largest absolute Gasteiger partial charge is 0.394 e. The van der Waals surface area contributed by atoms with Gasteiger partial charge in [0, 0.05) is 11.9 Å². The Labute approximate surface area is 106 Å². The van der Waals surface area contributed by atoms with E-state index in [2.05, 4.69) is 22.0 Å². The second-order valence-electron chi connectivity index (χ2n) is 4.47. The summed E-state index contributed by atoms with van der Waals surface area (Å²) in [6, 6.07) is 12.1. The van der Waals surface area contributed by atoms with Crippen LogP contribution < -0.4 is 4.90 Å². The van der Waals surface area contributed by atoms with Crippen LogP contribution in [0, 0.1) is 0 Å². The first-order valence-corrected chi connectivity index (χ1v) is 6.19. The van der Waals surface area contributed by atoms with Gasteiger partial charge in [-0.1, -0.05) is 18.2 Å². The monoisotopic (exact) mass is 244 g/mol. The highest BCUT2D eigenvalue weighted by Crippen LogP contribution is 2.21. The zero-order chi connectivity index (χ0) is 12.4. The number of ether oxygens (including phenoxy) is 1. The van der Waals surface area contributed by atoms with Crippen LogP contribution in [0.25, 0.3) is 10.9 Å². The van der Waals surface area contributed by atoms with Crippen LogP contribution in [0.3, 0.4) is 0 Å². The van der Waals surface area contributed by atoms with Crippen LogP contribution in [0.15, 0.2) is 36.4 Å². The van der Waals surface area contributed by atoms with Crippen molar-refractivity contribution in [3.05, 3.63) is 36.4 Å². The van der Waals surface area contributed by atoms with E-state index in [1.54, 1.807) is 0 Å². The summed E-state index contributed by atoms with van der Waals surface area (Å²) in [7, 11) is 0. The maximum absolute atomic E-state index is 9.39. The zero-order valence-corrected chi connectivity index (χ0v) is 10.1. The van der Waals surface area contributed by atoms with Gasteiger partial charge < -0.3 is 14.7 Å². The molecule has 2 aromatic rings. The van der Waals surface area contributed by atoms with E-state index < -0.39 is 0 Å². The Morgan fingerprint density at radius 1 is 1.28 bits per heavy atom. The van der Waals surface area contributed by atoms with Crippen LogP contribution >= 0.6 is 0 Å². The molecular weight excluding hydrogens is 228 g/mol. The number of para-hydroxylation sites is 1. The minimum absolute atomic E-state index is 0.00686. The minimum Gasteiger partial charge on any atom is -0.394 e. The van der Waals surface area contributed by atoms with Gasteiger partial charge in [0.1, 0.15) is 5.82 Å². The Morgan fingerprint density at radius 3 is 3.06 bits per heavy atom. The van der Waals surface area contributed by atoms with Crippen LogP contribution in [0.4, 0.5) is 5.82 Å². The number of aromatic nitrogens is 1. The van der Waals surface area contributed by atoms with Crippen molar-refractivity contribution in [2.45, 2.75) is 6.04 Å². The first-order valence-electron chi connectivity index (χ1n) is 6.19. The Balaban J connectivity index is 1.97. The van der Waals surface area contributed by atoms with Crippen molar-refractivity contribution in [2.24, 2.45) is 0 Å². The molecule has 1 fully saturated rings. The third kappa shape index (κ3) is 2.05. The number of aliphatic hydroxyl groups is 1. The predicted molar refractivity (Wildman–Crippen MR) is 70.8 cm³/mol. The predicted octanol–water partition coefficient (Wildman–Crippen LogP) is 1.43. The summed E-state index contributed by atoms with van der Waals surface area (Å²) in [4.78, 5) is 6.78. The van der Waals surface area contributed by atoms with Crippen molar-refractivity contribution in [1.29, 1.82) is 0 Å². The smallest absolute Gasteiger partial charge is 0.129 e. The number of anilines is 1. The lowest BCUT2D eigenvalue weighted by Crippen LogP contribution is -2.48. The maximum Gasteiger partial charge on any atom is 0.129 e. The molecule has 1 unspecified atom stereocenters. The van der Waals surface area contributed by atoms with Gasteiger partial charge in [0.25, 0.3) is 0 Å². The summed E-state index contributed by atoms with van der Waals surface area (Å²) in [6.07, 6.45) is 0. The highest BCUT2D eigenvalue weighted by molar-refractivity contribution is 5.80. The van der Waals surface area contributed by atoms with E-state index in [0.717, 1.165) is 23.3 Å². The SMILES string of the molecule is OCC1COCCN1c1ccc2ccccc2n1. The van der Waals surface area contributed by atoms with Crippen molar-refractivity contribution in [3.63, 3.8) is 0 Å². The fourth-order valence-corrected chi connectivity index (χ4v) is 2.32. The summed E-state index contributed by atoms with van der Waals surface area (Å²) in [5.41, 5.74) is 0.984. The highest BCUT2D eigenvalue weighted by Gasteiger charge is 2.23. The number of hydrogen-bond donors (Lipinski definition) is 1. The van der Waals surface area contributed by atoms with Crippen LogP contribution in [0.1, 0.15) is 0 Å². The molecule has 0 amide bonds. The molecule has 0 bridgehead atoms. The molecule has 18 heavy (non-hydrogen) atoms. The molecule has 1 aliphatic rings. The van der Waals surface area contributed by atoms with Gasteiger partial charge in [-0.3, -0.25) is 0 Å². The topological polar surface area (TPSA) is 45.6 Å². The van der Waals surface area contributed by atoms with E-state index in [-0.39, 0.29) is 12.6 Å². The molecule has 1 N–H and O–H groups in total. The first kappa shape index (κ1) is 11.4. The first-order chi connectivity index (χ1) is 8.88. The molecule has 4 heteroatoms. The minimum atomic E-state index is 0.00686. The molecule has 94 valence electrons. The molecular formula is C14H16N2O2. The van der Waals surface area contributed by atoms with Gasteiger partial charge in [-0.05, 0) is 18.2 Å². The lowest BCUT2D eigenvalue weighted by atomic mass is 10.2. The summed E-state index contributed by atoms with van der Waals surface area (Å²) in [5.74, 6) is 0.913. The van der Waals surface area contributed by atoms with Crippen LogP contribution in [-0.2, 0) is 4.74 Å². The molecule has 0 saturated carbocycles. The molecule has 0 spiro atoms. The molecule has 1 aromatic carbocycles. The number of morpholine rings is 1. The summed E-state index contributed by atoms with van der Waals surface area (Å²) >= 11 is 0. The van der Waals surface area contributed by atoms with Crippen molar-refractivity contribution in [3.8, 4) is 0 Å². The van der Waals surface area contributed by atoms with Crippen LogP contribution in [0.5, 0.6) is 0 Å². The summed E-state index contributed by atoms with van der Waals surface area (Å²) < 4.78 is 5.38. The lowest BCUT2D eigenvalue weighted by molar-refractivity contribution is 0.0723. The van der Waals surface area contributed by atoms with Crippen molar-refractivity contribution in [2.75, 3.05) is 31.3 Å². The van der Waals surface area contributed by atoms with Crippen molar-refractivity contribution < 1.29 is 9.84 Å². The maximum atomic E-state index is 9.39. The molecule has 1 aromatic heterocycles. The number of aliphatic hydroxyl groups excluding tert-OH is 1. The summed E-state index contributed by atoms with van der Waals surface area (Å²) in [5, 5.41) is 10.5. The third-order valence-electron chi connectivity index (χ3n) is 3.32. The molecule has 1 saturated heterocycles. The van der Waals surface area contributed by atoms with E-state index in [1.165, 1.54) is 0 Å². The molecule has 1 aliphatic heterocycles. The van der Waals surface area contributed by atoms with Crippen LogP contribution in [-0.4, -0.2) is 42.5 Å². The Morgan fingerprint density at radius 2 is 2.17 bits per heavy atom. The van der Waals surface area contributed by atoms with E-state index in [1.807, 2.05) is 24.3 Å². The number of fused-ring (bicyclic) bond motifs is 1. The number of hydrogen-bond acceptors (Lipinski definition) is 4. The van der Waals surface area contributed by atoms with Gasteiger partial charge in [0.05, 0.1) is 31.4 Å². The Kier molecular flexibility index (Phi) is 3.13. The number of pyridine rings is 1. The molecule has 3 rings (SSSR count). The molecule has 2 heterocycles. The molecule has 0 aliphatic carbocycles. The second kappa shape index (κ2) is 4.92. The number of benzene rings is 1. The normalized spacial score (nSPS) is 20.3. The average molecular weight is 244 g/mol. The van der Waals surface area contributed by atoms with E-state index >= 15 is 0 Å². The Bertz CT molecular complexity index is 544. The quantitative estimate of drug-likeness (QED) is 0.868. The van der Waals surface area contributed by atoms with E-state index in [4.69, 9.17) is 4.74 Å². The molecule has 1 atom stereocenters. The van der Waals surface area contributed by atoms with E-state index in [0.29, 0.717) is 13.2 Å². The second-order valence-corrected chi connectivity index (χ2v) is 4.47. The standard InChI is InChI=1S/C14H16N2O2/c17-9-12-10-18-8-7-16(12)14-6-5-11-3-1-2-4-13(11)15-14/h1-6,12,17H,7-10H2. The molecule has 4 nitrogen and oxygen atoms in total. The fraction of sp³-hybridized carbons (Fsp3) is 0.357. The van der Waals surface area contributed by atoms with Crippen molar-refractivity contribution >= 4 is 16.7 Å². The average Bonchev–Trinajstić information content (AvgIpc) is 2.46. The van der Waals surface area contributed by atoms with Gasteiger partial charge in [-0.15, -0.1) is 0 Å². The lowest BCUT2D eigenvalue weighted by Gasteiger charge is -2.35. The third-order valence-corrected chi connectivity index (χ3v) is 3.32. The van der Waals surface area contributed by atoms with E-state index in [9.17, 15) is 5.11 Å².